The van der Waals surface area contributed by atoms with E-state index in [0.29, 0.717) is 19.5 Å². The molecule has 0 aliphatic heterocycles. The summed E-state index contributed by atoms with van der Waals surface area (Å²) in [6, 6.07) is 12.0. The zero-order valence-corrected chi connectivity index (χ0v) is 11.3. The molecule has 1 unspecified atom stereocenters. The monoisotopic (exact) mass is 244 g/mol. The Labute approximate surface area is 109 Å². The summed E-state index contributed by atoms with van der Waals surface area (Å²) in [6.45, 7) is 6.70. The Morgan fingerprint density at radius 1 is 1.33 bits per heavy atom. The molecule has 96 valence electrons. The lowest BCUT2D eigenvalue weighted by atomic mass is 9.87. The molecule has 0 aliphatic carbocycles. The topological polar surface area (TPSA) is 44.1 Å². The van der Waals surface area contributed by atoms with Crippen LogP contribution in [0.1, 0.15) is 32.8 Å². The summed E-state index contributed by atoms with van der Waals surface area (Å²) < 4.78 is 0. The van der Waals surface area contributed by atoms with Crippen molar-refractivity contribution in [3.63, 3.8) is 0 Å². The largest absolute Gasteiger partial charge is 0.337 e. The number of benzene rings is 1. The Hall–Kier alpha value is -1.82. The van der Waals surface area contributed by atoms with Gasteiger partial charge in [-0.15, -0.1) is 0 Å². The van der Waals surface area contributed by atoms with Gasteiger partial charge >= 0.3 is 0 Å². The summed E-state index contributed by atoms with van der Waals surface area (Å²) >= 11 is 0. The van der Waals surface area contributed by atoms with Gasteiger partial charge in [0.2, 0.25) is 5.91 Å². The first-order valence-corrected chi connectivity index (χ1v) is 6.32. The fraction of sp³-hybridized carbons (Fsp3) is 0.467. The van der Waals surface area contributed by atoms with Crippen LogP contribution in [0.2, 0.25) is 0 Å². The molecule has 0 heterocycles. The summed E-state index contributed by atoms with van der Waals surface area (Å²) in [4.78, 5) is 14.1. The molecule has 1 amide bonds. The first-order valence-electron chi connectivity index (χ1n) is 6.32. The molecule has 0 aromatic heterocycles. The van der Waals surface area contributed by atoms with Crippen LogP contribution in [0, 0.1) is 16.7 Å². The predicted molar refractivity (Wildman–Crippen MR) is 71.5 cm³/mol. The van der Waals surface area contributed by atoms with Gasteiger partial charge in [-0.1, -0.05) is 37.3 Å². The number of rotatable bonds is 5. The van der Waals surface area contributed by atoms with Crippen LogP contribution in [0.25, 0.3) is 0 Å². The van der Waals surface area contributed by atoms with E-state index in [-0.39, 0.29) is 5.91 Å². The van der Waals surface area contributed by atoms with E-state index in [9.17, 15) is 4.79 Å². The maximum atomic E-state index is 12.4. The van der Waals surface area contributed by atoms with Gasteiger partial charge in [0.05, 0.1) is 6.07 Å². The highest BCUT2D eigenvalue weighted by Crippen LogP contribution is 2.24. The first kappa shape index (κ1) is 14.2. The van der Waals surface area contributed by atoms with Crippen molar-refractivity contribution < 1.29 is 4.79 Å². The number of hydrogen-bond donors (Lipinski definition) is 0. The van der Waals surface area contributed by atoms with Gasteiger partial charge in [-0.25, -0.2) is 0 Å². The van der Waals surface area contributed by atoms with Crippen molar-refractivity contribution in [1.82, 2.24) is 4.90 Å². The van der Waals surface area contributed by atoms with E-state index in [1.54, 1.807) is 11.8 Å². The fourth-order valence-electron chi connectivity index (χ4n) is 1.76. The second kappa shape index (κ2) is 6.20. The van der Waals surface area contributed by atoms with E-state index >= 15 is 0 Å². The number of amides is 1. The van der Waals surface area contributed by atoms with Crippen LogP contribution in [0.3, 0.4) is 0 Å². The molecule has 0 fully saturated rings. The van der Waals surface area contributed by atoms with Crippen LogP contribution >= 0.6 is 0 Å². The lowest BCUT2D eigenvalue weighted by Crippen LogP contribution is -2.41. The molecule has 18 heavy (non-hydrogen) atoms. The molecule has 0 saturated carbocycles. The molecule has 0 radical (unpaired) electrons. The van der Waals surface area contributed by atoms with Crippen molar-refractivity contribution in [2.75, 3.05) is 6.54 Å². The third kappa shape index (κ3) is 3.10. The van der Waals surface area contributed by atoms with E-state index < -0.39 is 5.41 Å². The SMILES string of the molecule is CCN(Cc1ccccc1)C(=O)C(C)(C#N)CC. The molecular weight excluding hydrogens is 224 g/mol. The maximum Gasteiger partial charge on any atom is 0.243 e. The van der Waals surface area contributed by atoms with Gasteiger partial charge in [0.1, 0.15) is 5.41 Å². The third-order valence-corrected chi connectivity index (χ3v) is 3.31. The van der Waals surface area contributed by atoms with Crippen molar-refractivity contribution in [2.45, 2.75) is 33.7 Å². The Morgan fingerprint density at radius 2 is 1.94 bits per heavy atom. The molecule has 0 aliphatic rings. The summed E-state index contributed by atoms with van der Waals surface area (Å²) in [6.07, 6.45) is 0.535. The summed E-state index contributed by atoms with van der Waals surface area (Å²) in [5, 5.41) is 9.17. The van der Waals surface area contributed by atoms with E-state index in [1.165, 1.54) is 0 Å². The van der Waals surface area contributed by atoms with E-state index in [4.69, 9.17) is 5.26 Å². The van der Waals surface area contributed by atoms with Gasteiger partial charge in [0.25, 0.3) is 0 Å². The van der Waals surface area contributed by atoms with E-state index in [0.717, 1.165) is 5.56 Å². The van der Waals surface area contributed by atoms with Gasteiger partial charge in [0, 0.05) is 13.1 Å². The van der Waals surface area contributed by atoms with E-state index in [1.807, 2.05) is 44.2 Å². The van der Waals surface area contributed by atoms with E-state index in [2.05, 4.69) is 6.07 Å². The number of nitriles is 1. The van der Waals surface area contributed by atoms with Gasteiger partial charge in [0.15, 0.2) is 0 Å². The minimum atomic E-state index is -0.912. The minimum Gasteiger partial charge on any atom is -0.337 e. The predicted octanol–water partition coefficient (Wildman–Crippen LogP) is 2.97. The van der Waals surface area contributed by atoms with Crippen LogP contribution < -0.4 is 0 Å². The van der Waals surface area contributed by atoms with Crippen LogP contribution in [-0.2, 0) is 11.3 Å². The van der Waals surface area contributed by atoms with Gasteiger partial charge in [-0.3, -0.25) is 4.79 Å². The smallest absolute Gasteiger partial charge is 0.243 e. The molecule has 3 heteroatoms. The average molecular weight is 244 g/mol. The average Bonchev–Trinajstić information content (AvgIpc) is 2.44. The van der Waals surface area contributed by atoms with Crippen molar-refractivity contribution in [3.05, 3.63) is 35.9 Å². The molecular formula is C15H20N2O. The zero-order chi connectivity index (χ0) is 13.6. The van der Waals surface area contributed by atoms with Crippen molar-refractivity contribution in [1.29, 1.82) is 5.26 Å². The molecule has 1 aromatic carbocycles. The normalized spacial score (nSPS) is 13.4. The van der Waals surface area contributed by atoms with Gasteiger partial charge < -0.3 is 4.90 Å². The van der Waals surface area contributed by atoms with Crippen LogP contribution in [0.5, 0.6) is 0 Å². The highest BCUT2D eigenvalue weighted by molar-refractivity contribution is 5.85. The minimum absolute atomic E-state index is 0.0844. The molecule has 0 N–H and O–H groups in total. The molecule has 1 atom stereocenters. The van der Waals surface area contributed by atoms with Crippen LogP contribution in [-0.4, -0.2) is 17.4 Å². The quantitative estimate of drug-likeness (QED) is 0.799. The van der Waals surface area contributed by atoms with Gasteiger partial charge in [-0.2, -0.15) is 5.26 Å². The molecule has 0 bridgehead atoms. The molecule has 0 spiro atoms. The summed E-state index contributed by atoms with van der Waals surface area (Å²) in [5.41, 5.74) is 0.175. The molecule has 1 rings (SSSR count). The van der Waals surface area contributed by atoms with Crippen molar-refractivity contribution >= 4 is 5.91 Å². The summed E-state index contributed by atoms with van der Waals surface area (Å²) in [7, 11) is 0. The fourth-order valence-corrected chi connectivity index (χ4v) is 1.76. The molecule has 0 saturated heterocycles. The number of carbonyl (C=O) groups is 1. The second-order valence-corrected chi connectivity index (χ2v) is 4.60. The first-order chi connectivity index (χ1) is 8.57. The lowest BCUT2D eigenvalue weighted by Gasteiger charge is -2.28. The molecule has 3 nitrogen and oxygen atoms in total. The molecule has 1 aromatic rings. The lowest BCUT2D eigenvalue weighted by molar-refractivity contribution is -0.138. The third-order valence-electron chi connectivity index (χ3n) is 3.31. The number of carbonyl (C=O) groups excluding carboxylic acids is 1. The highest BCUT2D eigenvalue weighted by atomic mass is 16.2. The Balaban J connectivity index is 2.85. The summed E-state index contributed by atoms with van der Waals surface area (Å²) in [5.74, 6) is -0.0844. The second-order valence-electron chi connectivity index (χ2n) is 4.60. The van der Waals surface area contributed by atoms with Crippen molar-refractivity contribution in [2.24, 2.45) is 5.41 Å². The highest BCUT2D eigenvalue weighted by Gasteiger charge is 2.34. The van der Waals surface area contributed by atoms with Gasteiger partial charge in [-0.05, 0) is 25.8 Å². The number of nitrogens with zero attached hydrogens (tertiary/aromatic N) is 2. The Bertz CT molecular complexity index is 436. The van der Waals surface area contributed by atoms with Crippen molar-refractivity contribution in [3.8, 4) is 6.07 Å². The Kier molecular flexibility index (Phi) is 4.91. The number of hydrogen-bond acceptors (Lipinski definition) is 2. The zero-order valence-electron chi connectivity index (χ0n) is 11.3. The van der Waals surface area contributed by atoms with Crippen LogP contribution in [0.15, 0.2) is 30.3 Å². The standard InChI is InChI=1S/C15H20N2O/c1-4-15(3,12-16)14(18)17(5-2)11-13-9-7-6-8-10-13/h6-10H,4-5,11H2,1-3H3. The Morgan fingerprint density at radius 3 is 2.39 bits per heavy atom. The maximum absolute atomic E-state index is 12.4. The van der Waals surface area contributed by atoms with Crippen LogP contribution in [0.4, 0.5) is 0 Å².